The van der Waals surface area contributed by atoms with Crippen LogP contribution in [0.5, 0.6) is 0 Å². The molecule has 1 N–H and O–H groups in total. The second-order valence-electron chi connectivity index (χ2n) is 5.38. The van der Waals surface area contributed by atoms with Gasteiger partial charge < -0.3 is 0 Å². The zero-order valence-electron chi connectivity index (χ0n) is 13.2. The van der Waals surface area contributed by atoms with Crippen molar-refractivity contribution in [1.82, 2.24) is 10.4 Å². The number of nitrogens with zero attached hydrogens (tertiary/aromatic N) is 1. The molecule has 0 saturated carbocycles. The summed E-state index contributed by atoms with van der Waals surface area (Å²) >= 11 is 12.2. The average molecular weight is 389 g/mol. The van der Waals surface area contributed by atoms with E-state index in [1.807, 2.05) is 31.2 Å². The summed E-state index contributed by atoms with van der Waals surface area (Å²) in [7, 11) is 0. The highest BCUT2D eigenvalue weighted by molar-refractivity contribution is 8.26. The predicted molar refractivity (Wildman–Crippen MR) is 105 cm³/mol. The maximum atomic E-state index is 12.5. The summed E-state index contributed by atoms with van der Waals surface area (Å²) in [6.07, 6.45) is 1.76. The van der Waals surface area contributed by atoms with Crippen LogP contribution < -0.4 is 5.43 Å². The lowest BCUT2D eigenvalue weighted by Crippen LogP contribution is -2.44. The molecule has 0 bridgehead atoms. The molecule has 2 amide bonds. The Balaban J connectivity index is 1.76. The lowest BCUT2D eigenvalue weighted by Gasteiger charge is -2.15. The molecule has 25 heavy (non-hydrogen) atoms. The summed E-state index contributed by atoms with van der Waals surface area (Å²) in [4.78, 5) is 25.3. The summed E-state index contributed by atoms with van der Waals surface area (Å²) in [5.74, 6) is -0.776. The number of thiocarbonyl (C=S) groups is 1. The van der Waals surface area contributed by atoms with Crippen LogP contribution in [0.15, 0.2) is 53.4 Å². The fourth-order valence-corrected chi connectivity index (χ4v) is 3.45. The zero-order chi connectivity index (χ0) is 18.0. The van der Waals surface area contributed by atoms with Gasteiger partial charge >= 0.3 is 0 Å². The van der Waals surface area contributed by atoms with Crippen molar-refractivity contribution in [3.05, 3.63) is 75.1 Å². The Labute approximate surface area is 159 Å². The molecule has 2 aromatic carbocycles. The Morgan fingerprint density at radius 1 is 1.16 bits per heavy atom. The molecule has 1 saturated heterocycles. The van der Waals surface area contributed by atoms with Gasteiger partial charge in [-0.15, -0.1) is 0 Å². The van der Waals surface area contributed by atoms with Crippen molar-refractivity contribution in [1.29, 1.82) is 0 Å². The first-order valence-electron chi connectivity index (χ1n) is 7.35. The van der Waals surface area contributed by atoms with Gasteiger partial charge in [0.2, 0.25) is 0 Å². The highest BCUT2D eigenvalue weighted by Crippen LogP contribution is 2.31. The Morgan fingerprint density at radius 3 is 2.44 bits per heavy atom. The van der Waals surface area contributed by atoms with Crippen LogP contribution in [-0.4, -0.2) is 21.1 Å². The number of rotatable bonds is 3. The van der Waals surface area contributed by atoms with E-state index in [-0.39, 0.29) is 10.2 Å². The molecule has 0 aromatic heterocycles. The van der Waals surface area contributed by atoms with E-state index in [4.69, 9.17) is 23.8 Å². The van der Waals surface area contributed by atoms with Crippen molar-refractivity contribution in [2.75, 3.05) is 0 Å². The van der Waals surface area contributed by atoms with Gasteiger partial charge in [-0.05, 0) is 55.0 Å². The summed E-state index contributed by atoms with van der Waals surface area (Å²) in [5, 5.41) is 1.62. The maximum absolute atomic E-state index is 12.5. The minimum atomic E-state index is -0.426. The smallest absolute Gasteiger partial charge is 0.267 e. The van der Waals surface area contributed by atoms with E-state index in [0.717, 1.165) is 27.9 Å². The highest BCUT2D eigenvalue weighted by Gasteiger charge is 2.33. The van der Waals surface area contributed by atoms with E-state index < -0.39 is 5.91 Å². The van der Waals surface area contributed by atoms with Crippen LogP contribution in [0.1, 0.15) is 21.5 Å². The largest absolute Gasteiger partial charge is 0.285 e. The summed E-state index contributed by atoms with van der Waals surface area (Å²) in [6.45, 7) is 2.00. The molecule has 0 aliphatic carbocycles. The Hall–Kier alpha value is -2.15. The number of hydrazine groups is 1. The molecule has 3 rings (SSSR count). The number of halogens is 1. The van der Waals surface area contributed by atoms with Gasteiger partial charge in [-0.25, -0.2) is 0 Å². The van der Waals surface area contributed by atoms with Gasteiger partial charge in [0.15, 0.2) is 4.32 Å². The van der Waals surface area contributed by atoms with Crippen molar-refractivity contribution < 1.29 is 9.59 Å². The molecule has 0 unspecified atom stereocenters. The third-order valence-electron chi connectivity index (χ3n) is 3.49. The summed E-state index contributed by atoms with van der Waals surface area (Å²) in [6, 6.07) is 14.2. The third-order valence-corrected chi connectivity index (χ3v) is 5.04. The molecule has 1 aliphatic heterocycles. The number of thioether (sulfide) groups is 1. The van der Waals surface area contributed by atoms with Crippen LogP contribution >= 0.6 is 35.6 Å². The van der Waals surface area contributed by atoms with Gasteiger partial charge in [-0.3, -0.25) is 15.0 Å². The summed E-state index contributed by atoms with van der Waals surface area (Å²) in [5.41, 5.74) is 4.96. The number of carbonyl (C=O) groups is 2. The molecule has 0 spiro atoms. The summed E-state index contributed by atoms with van der Waals surface area (Å²) < 4.78 is 0.283. The first-order valence-corrected chi connectivity index (χ1v) is 8.95. The number of carbonyl (C=O) groups excluding carboxylic acids is 2. The van der Waals surface area contributed by atoms with E-state index in [0.29, 0.717) is 15.5 Å². The van der Waals surface area contributed by atoms with Gasteiger partial charge in [0, 0.05) is 10.6 Å². The van der Waals surface area contributed by atoms with Crippen LogP contribution in [0.25, 0.3) is 6.08 Å². The van der Waals surface area contributed by atoms with E-state index in [2.05, 4.69) is 5.43 Å². The van der Waals surface area contributed by atoms with E-state index in [9.17, 15) is 9.59 Å². The van der Waals surface area contributed by atoms with E-state index >= 15 is 0 Å². The van der Waals surface area contributed by atoms with Gasteiger partial charge in [-0.2, -0.15) is 5.01 Å². The lowest BCUT2D eigenvalue weighted by atomic mass is 10.1. The Bertz CT molecular complexity index is 877. The molecule has 0 atom stereocenters. The molecular weight excluding hydrogens is 376 g/mol. The molecule has 126 valence electrons. The minimum Gasteiger partial charge on any atom is -0.267 e. The van der Waals surface area contributed by atoms with Crippen LogP contribution in [0.4, 0.5) is 0 Å². The van der Waals surface area contributed by atoms with Crippen molar-refractivity contribution in [2.24, 2.45) is 0 Å². The topological polar surface area (TPSA) is 49.4 Å². The number of hydrogen-bond donors (Lipinski definition) is 1. The second-order valence-corrected chi connectivity index (χ2v) is 7.49. The quantitative estimate of drug-likeness (QED) is 0.632. The fourth-order valence-electron chi connectivity index (χ4n) is 2.15. The van der Waals surface area contributed by atoms with Gasteiger partial charge in [-0.1, -0.05) is 53.2 Å². The van der Waals surface area contributed by atoms with Gasteiger partial charge in [0.1, 0.15) is 0 Å². The van der Waals surface area contributed by atoms with E-state index in [1.165, 1.54) is 0 Å². The van der Waals surface area contributed by atoms with Crippen molar-refractivity contribution >= 4 is 57.8 Å². The van der Waals surface area contributed by atoms with Crippen molar-refractivity contribution in [2.45, 2.75) is 6.92 Å². The Morgan fingerprint density at radius 2 is 1.80 bits per heavy atom. The number of aryl methyl sites for hydroxylation is 1. The molecule has 1 aliphatic rings. The first kappa shape index (κ1) is 17.7. The predicted octanol–water partition coefficient (Wildman–Crippen LogP) is 4.19. The maximum Gasteiger partial charge on any atom is 0.285 e. The van der Waals surface area contributed by atoms with Gasteiger partial charge in [0.05, 0.1) is 4.91 Å². The first-order chi connectivity index (χ1) is 11.9. The lowest BCUT2D eigenvalue weighted by molar-refractivity contribution is -0.123. The normalized spacial score (nSPS) is 15.8. The molecular formula is C18H13ClN2O2S2. The number of nitrogens with one attached hydrogen (secondary N) is 1. The number of hydrogen-bond acceptors (Lipinski definition) is 4. The molecule has 2 aromatic rings. The Kier molecular flexibility index (Phi) is 5.22. The van der Waals surface area contributed by atoms with Crippen LogP contribution in [0.3, 0.4) is 0 Å². The third kappa shape index (κ3) is 4.10. The number of amides is 2. The monoisotopic (exact) mass is 388 g/mol. The molecule has 1 heterocycles. The van der Waals surface area contributed by atoms with E-state index in [1.54, 1.807) is 30.3 Å². The average Bonchev–Trinajstić information content (AvgIpc) is 2.85. The molecule has 0 radical (unpaired) electrons. The van der Waals surface area contributed by atoms with Crippen molar-refractivity contribution in [3.8, 4) is 0 Å². The van der Waals surface area contributed by atoms with Crippen LogP contribution in [0.2, 0.25) is 5.02 Å². The highest BCUT2D eigenvalue weighted by atomic mass is 35.5. The van der Waals surface area contributed by atoms with Crippen molar-refractivity contribution in [3.63, 3.8) is 0 Å². The SMILES string of the molecule is Cc1ccc(C=C2SC(=S)N(NC(=O)c3ccc(Cl)cc3)C2=O)cc1. The zero-order valence-corrected chi connectivity index (χ0v) is 15.5. The molecule has 1 fully saturated rings. The minimum absolute atomic E-state index is 0.283. The molecule has 4 nitrogen and oxygen atoms in total. The number of benzene rings is 2. The van der Waals surface area contributed by atoms with Crippen LogP contribution in [0, 0.1) is 6.92 Å². The van der Waals surface area contributed by atoms with Gasteiger partial charge in [0.25, 0.3) is 11.8 Å². The standard InChI is InChI=1S/C18H13ClN2O2S2/c1-11-2-4-12(5-3-11)10-15-17(23)21(18(24)25-15)20-16(22)13-6-8-14(19)9-7-13/h2-10H,1H3,(H,20,22). The fraction of sp³-hybridized carbons (Fsp3) is 0.0556. The van der Waals surface area contributed by atoms with Crippen LogP contribution in [-0.2, 0) is 4.79 Å². The molecule has 7 heteroatoms. The second kappa shape index (κ2) is 7.39.